The first-order valence-corrected chi connectivity index (χ1v) is 5.72. The highest BCUT2D eigenvalue weighted by molar-refractivity contribution is 8.36. The van der Waals surface area contributed by atoms with Gasteiger partial charge in [0.2, 0.25) is 0 Å². The Labute approximate surface area is 69.5 Å². The van der Waals surface area contributed by atoms with Gasteiger partial charge in [-0.2, -0.15) is 0 Å². The van der Waals surface area contributed by atoms with Crippen LogP contribution in [0.3, 0.4) is 0 Å². The first-order valence-electron chi connectivity index (χ1n) is 3.72. The van der Waals surface area contributed by atoms with Gasteiger partial charge >= 0.3 is 0 Å². The van der Waals surface area contributed by atoms with Gasteiger partial charge in [-0.15, -0.1) is 10.2 Å². The predicted octanol–water partition coefficient (Wildman–Crippen LogP) is 2.33. The first-order chi connectivity index (χ1) is 5.17. The maximum Gasteiger partial charge on any atom is 0.0200 e. The molecule has 0 bridgehead atoms. The van der Waals surface area contributed by atoms with Crippen LogP contribution >= 0.6 is 10.2 Å². The first kappa shape index (κ1) is 7.19. The minimum Gasteiger partial charge on any atom is -0.266 e. The SMILES string of the molecule is CN(C)S1(C)c2ccccc21. The minimum atomic E-state index is -0.617. The van der Waals surface area contributed by atoms with Gasteiger partial charge in [-0.1, -0.05) is 12.1 Å². The largest absolute Gasteiger partial charge is 0.266 e. The molecular formula is C9H13NS. The van der Waals surface area contributed by atoms with Gasteiger partial charge in [-0.05, 0) is 32.5 Å². The third-order valence-corrected chi connectivity index (χ3v) is 6.08. The van der Waals surface area contributed by atoms with Crippen molar-refractivity contribution in [3.63, 3.8) is 0 Å². The van der Waals surface area contributed by atoms with Crippen LogP contribution in [-0.2, 0) is 0 Å². The van der Waals surface area contributed by atoms with Crippen molar-refractivity contribution in [2.75, 3.05) is 20.4 Å². The Bertz CT molecular complexity index is 270. The van der Waals surface area contributed by atoms with Gasteiger partial charge in [0.1, 0.15) is 0 Å². The Morgan fingerprint density at radius 2 is 1.55 bits per heavy atom. The highest BCUT2D eigenvalue weighted by Crippen LogP contribution is 2.77. The average molecular weight is 167 g/mol. The lowest BCUT2D eigenvalue weighted by atomic mass is 10.4. The number of nitrogens with zero attached hydrogens (tertiary/aromatic N) is 1. The summed E-state index contributed by atoms with van der Waals surface area (Å²) in [5.41, 5.74) is 0. The van der Waals surface area contributed by atoms with Crippen LogP contribution in [-0.4, -0.2) is 24.7 Å². The summed E-state index contributed by atoms with van der Waals surface area (Å²) in [5, 5.41) is 0. The molecule has 2 rings (SSSR count). The van der Waals surface area contributed by atoms with E-state index in [4.69, 9.17) is 0 Å². The molecule has 0 spiro atoms. The maximum absolute atomic E-state index is 2.34. The van der Waals surface area contributed by atoms with E-state index in [1.54, 1.807) is 9.79 Å². The molecule has 1 nitrogen and oxygen atoms in total. The van der Waals surface area contributed by atoms with Crippen LogP contribution in [0.5, 0.6) is 0 Å². The lowest BCUT2D eigenvalue weighted by Crippen LogP contribution is -2.07. The van der Waals surface area contributed by atoms with Gasteiger partial charge in [0.25, 0.3) is 0 Å². The van der Waals surface area contributed by atoms with E-state index < -0.39 is 10.2 Å². The van der Waals surface area contributed by atoms with Crippen molar-refractivity contribution in [3.05, 3.63) is 24.3 Å². The normalized spacial score (nSPS) is 21.1. The zero-order valence-electron chi connectivity index (χ0n) is 7.16. The number of benzene rings is 1. The van der Waals surface area contributed by atoms with Crippen molar-refractivity contribution in [1.82, 2.24) is 4.31 Å². The summed E-state index contributed by atoms with van der Waals surface area (Å²) in [6.45, 7) is 0. The Kier molecular flexibility index (Phi) is 1.32. The molecule has 0 unspecified atom stereocenters. The van der Waals surface area contributed by atoms with Crippen molar-refractivity contribution in [1.29, 1.82) is 0 Å². The molecule has 0 saturated heterocycles. The highest BCUT2D eigenvalue weighted by Gasteiger charge is 2.42. The topological polar surface area (TPSA) is 3.24 Å². The van der Waals surface area contributed by atoms with Crippen LogP contribution in [0.25, 0.3) is 0 Å². The van der Waals surface area contributed by atoms with E-state index in [1.807, 2.05) is 0 Å². The molecule has 1 heterocycles. The molecule has 1 aromatic rings. The summed E-state index contributed by atoms with van der Waals surface area (Å²) in [4.78, 5) is 3.12. The van der Waals surface area contributed by atoms with Crippen LogP contribution in [0, 0.1) is 0 Å². The minimum absolute atomic E-state index is 0.617. The molecule has 0 aliphatic carbocycles. The Balaban J connectivity index is 2.42. The van der Waals surface area contributed by atoms with Gasteiger partial charge in [0.05, 0.1) is 0 Å². The molecule has 0 N–H and O–H groups in total. The van der Waals surface area contributed by atoms with E-state index in [9.17, 15) is 0 Å². The van der Waals surface area contributed by atoms with Crippen molar-refractivity contribution in [2.45, 2.75) is 9.79 Å². The molecule has 1 aliphatic heterocycles. The van der Waals surface area contributed by atoms with E-state index in [0.717, 1.165) is 0 Å². The summed E-state index contributed by atoms with van der Waals surface area (Å²) in [5.74, 6) is 0. The smallest absolute Gasteiger partial charge is 0.0200 e. The van der Waals surface area contributed by atoms with Crippen molar-refractivity contribution in [2.24, 2.45) is 0 Å². The molecule has 1 aliphatic rings. The molecule has 0 radical (unpaired) electrons. The summed E-state index contributed by atoms with van der Waals surface area (Å²) in [6.07, 6.45) is 2.34. The quantitative estimate of drug-likeness (QED) is 0.580. The van der Waals surface area contributed by atoms with Crippen molar-refractivity contribution in [3.8, 4) is 0 Å². The Morgan fingerprint density at radius 3 is 1.91 bits per heavy atom. The van der Waals surface area contributed by atoms with E-state index in [2.05, 4.69) is 48.9 Å². The second-order valence-electron chi connectivity index (χ2n) is 3.13. The molecule has 60 valence electrons. The third kappa shape index (κ3) is 0.768. The average Bonchev–Trinajstić information content (AvgIpc) is 2.61. The monoisotopic (exact) mass is 167 g/mol. The fourth-order valence-electron chi connectivity index (χ4n) is 1.43. The van der Waals surface area contributed by atoms with Crippen LogP contribution in [0.4, 0.5) is 0 Å². The summed E-state index contributed by atoms with van der Waals surface area (Å²) >= 11 is 0. The maximum atomic E-state index is 2.34. The molecule has 0 atom stereocenters. The van der Waals surface area contributed by atoms with Crippen LogP contribution in [0.1, 0.15) is 0 Å². The number of hydrogen-bond donors (Lipinski definition) is 0. The summed E-state index contributed by atoms with van der Waals surface area (Å²) < 4.78 is 2.34. The summed E-state index contributed by atoms with van der Waals surface area (Å²) in [7, 11) is 3.71. The van der Waals surface area contributed by atoms with E-state index in [1.165, 1.54) is 0 Å². The molecular weight excluding hydrogens is 154 g/mol. The Hall–Kier alpha value is -0.470. The third-order valence-electron chi connectivity index (χ3n) is 2.39. The number of fused-ring (bicyclic) bond motifs is 1. The lowest BCUT2D eigenvalue weighted by Gasteiger charge is -2.24. The van der Waals surface area contributed by atoms with E-state index in [-0.39, 0.29) is 0 Å². The Morgan fingerprint density at radius 1 is 1.09 bits per heavy atom. The molecule has 0 amide bonds. The van der Waals surface area contributed by atoms with Gasteiger partial charge in [0, 0.05) is 9.79 Å². The second-order valence-corrected chi connectivity index (χ2v) is 6.50. The molecule has 0 saturated carbocycles. The molecule has 2 heteroatoms. The van der Waals surface area contributed by atoms with Crippen molar-refractivity contribution < 1.29 is 0 Å². The van der Waals surface area contributed by atoms with E-state index >= 15 is 0 Å². The van der Waals surface area contributed by atoms with Gasteiger partial charge in [-0.25, -0.2) is 0 Å². The van der Waals surface area contributed by atoms with Crippen molar-refractivity contribution >= 4 is 10.2 Å². The zero-order chi connectivity index (χ0) is 8.06. The molecule has 11 heavy (non-hydrogen) atoms. The highest BCUT2D eigenvalue weighted by atomic mass is 32.3. The number of rotatable bonds is 1. The van der Waals surface area contributed by atoms with Gasteiger partial charge in [0.15, 0.2) is 0 Å². The van der Waals surface area contributed by atoms with Gasteiger partial charge < -0.3 is 0 Å². The lowest BCUT2D eigenvalue weighted by molar-refractivity contribution is 0.692. The van der Waals surface area contributed by atoms with Crippen LogP contribution in [0.15, 0.2) is 34.1 Å². The molecule has 0 aromatic heterocycles. The van der Waals surface area contributed by atoms with Crippen LogP contribution in [0.2, 0.25) is 0 Å². The van der Waals surface area contributed by atoms with E-state index in [0.29, 0.717) is 0 Å². The fraction of sp³-hybridized carbons (Fsp3) is 0.333. The summed E-state index contributed by atoms with van der Waals surface area (Å²) in [6, 6.07) is 8.73. The fourth-order valence-corrected chi connectivity index (χ4v) is 4.05. The standard InChI is InChI=1S/C9H13NS/c1-10(2)11(3)8-6-4-5-7-9(8)11/h4-7H,1-3H3. The second kappa shape index (κ2) is 2.02. The van der Waals surface area contributed by atoms with Crippen LogP contribution < -0.4 is 0 Å². The molecule has 0 fully saturated rings. The predicted molar refractivity (Wildman–Crippen MR) is 50.2 cm³/mol. The van der Waals surface area contributed by atoms with Gasteiger partial charge in [-0.3, -0.25) is 4.31 Å². The molecule has 1 aromatic carbocycles. The zero-order valence-corrected chi connectivity index (χ0v) is 7.98. The number of hydrogen-bond acceptors (Lipinski definition) is 1.